The van der Waals surface area contributed by atoms with Crippen LogP contribution in [0.4, 0.5) is 11.4 Å². The average Bonchev–Trinajstić information content (AvgIpc) is 2.89. The van der Waals surface area contributed by atoms with Crippen molar-refractivity contribution in [2.75, 3.05) is 10.6 Å². The van der Waals surface area contributed by atoms with Crippen LogP contribution < -0.4 is 16.4 Å². The molecule has 5 nitrogen and oxygen atoms in total. The van der Waals surface area contributed by atoms with Gasteiger partial charge in [-0.1, -0.05) is 59.0 Å². The predicted molar refractivity (Wildman–Crippen MR) is 113 cm³/mol. The zero-order valence-corrected chi connectivity index (χ0v) is 16.5. The number of anilines is 2. The Hall–Kier alpha value is -1.93. The highest BCUT2D eigenvalue weighted by atomic mass is 127. The maximum Gasteiger partial charge on any atom is 0.241 e. The summed E-state index contributed by atoms with van der Waals surface area (Å²) in [5.41, 5.74) is 9.94. The van der Waals surface area contributed by atoms with E-state index in [9.17, 15) is 9.59 Å². The van der Waals surface area contributed by atoms with Crippen LogP contribution in [0.2, 0.25) is 0 Å². The van der Waals surface area contributed by atoms with Gasteiger partial charge in [-0.2, -0.15) is 0 Å². The Morgan fingerprint density at radius 3 is 1.92 bits per heavy atom. The van der Waals surface area contributed by atoms with Crippen molar-refractivity contribution >= 4 is 45.8 Å². The van der Waals surface area contributed by atoms with E-state index in [1.54, 1.807) is 0 Å². The lowest BCUT2D eigenvalue weighted by molar-refractivity contribution is -0.117. The molecule has 2 aliphatic rings. The topological polar surface area (TPSA) is 84.2 Å². The number of halogens is 1. The standard InChI is InChI=1S/C10H10INO.C10H12N2O/c2*11-8-6-5-7-3-1-2-4-9(7)12-10(8)13/h1-4,8H,5-6H2,(H,12,13);1-4,8H,5-6,11H2,(H,12,13). The SMILES string of the molecule is NC1CCc2ccccc2NC1=O.O=C1Nc2ccccc2CCC1I. The van der Waals surface area contributed by atoms with Crippen LogP contribution in [-0.2, 0) is 22.4 Å². The van der Waals surface area contributed by atoms with Crippen molar-refractivity contribution in [3.05, 3.63) is 59.7 Å². The largest absolute Gasteiger partial charge is 0.325 e. The fraction of sp³-hybridized carbons (Fsp3) is 0.300. The number of hydrogen-bond acceptors (Lipinski definition) is 3. The number of carbonyl (C=O) groups is 2. The summed E-state index contributed by atoms with van der Waals surface area (Å²) in [6.07, 6.45) is 3.52. The summed E-state index contributed by atoms with van der Waals surface area (Å²) in [5.74, 6) is 0.0514. The lowest BCUT2D eigenvalue weighted by Gasteiger charge is -2.06. The Kier molecular flexibility index (Phi) is 6.26. The molecule has 2 unspecified atom stereocenters. The number of para-hydroxylation sites is 2. The van der Waals surface area contributed by atoms with Crippen LogP contribution in [0, 0.1) is 0 Å². The van der Waals surface area contributed by atoms with E-state index < -0.39 is 0 Å². The van der Waals surface area contributed by atoms with E-state index in [4.69, 9.17) is 5.73 Å². The first-order chi connectivity index (χ1) is 12.5. The lowest BCUT2D eigenvalue weighted by atomic mass is 10.1. The summed E-state index contributed by atoms with van der Waals surface area (Å²) in [6.45, 7) is 0. The molecular formula is C20H22IN3O2. The molecule has 0 radical (unpaired) electrons. The molecular weight excluding hydrogens is 441 g/mol. The number of nitrogens with two attached hydrogens (primary N) is 1. The number of benzene rings is 2. The van der Waals surface area contributed by atoms with Crippen LogP contribution in [0.25, 0.3) is 0 Å². The van der Waals surface area contributed by atoms with Crippen LogP contribution in [-0.4, -0.2) is 21.8 Å². The number of amides is 2. The minimum atomic E-state index is -0.368. The number of aryl methyl sites for hydroxylation is 2. The smallest absolute Gasteiger partial charge is 0.241 e. The number of nitrogens with one attached hydrogen (secondary N) is 2. The predicted octanol–water partition coefficient (Wildman–Crippen LogP) is 3.27. The van der Waals surface area contributed by atoms with Crippen LogP contribution in [0.3, 0.4) is 0 Å². The zero-order valence-electron chi connectivity index (χ0n) is 14.4. The van der Waals surface area contributed by atoms with Gasteiger partial charge in [-0.05, 0) is 48.9 Å². The van der Waals surface area contributed by atoms with E-state index in [1.165, 1.54) is 11.1 Å². The molecule has 0 saturated carbocycles. The maximum atomic E-state index is 11.5. The maximum absolute atomic E-state index is 11.5. The summed E-state index contributed by atoms with van der Waals surface area (Å²) < 4.78 is 0.102. The van der Waals surface area contributed by atoms with Crippen molar-refractivity contribution in [2.45, 2.75) is 35.6 Å². The quantitative estimate of drug-likeness (QED) is 0.414. The molecule has 136 valence electrons. The highest BCUT2D eigenvalue weighted by Gasteiger charge is 2.20. The van der Waals surface area contributed by atoms with E-state index in [2.05, 4.69) is 39.3 Å². The van der Waals surface area contributed by atoms with Gasteiger partial charge in [0.05, 0.1) is 9.97 Å². The number of fused-ring (bicyclic) bond motifs is 2. The fourth-order valence-corrected chi connectivity index (χ4v) is 3.48. The number of carbonyl (C=O) groups excluding carboxylic acids is 2. The third-order valence-electron chi connectivity index (χ3n) is 4.56. The van der Waals surface area contributed by atoms with Gasteiger partial charge in [-0.25, -0.2) is 0 Å². The first kappa shape index (κ1) is 18.8. The molecule has 0 bridgehead atoms. The number of rotatable bonds is 0. The lowest BCUT2D eigenvalue weighted by Crippen LogP contribution is -2.34. The summed E-state index contributed by atoms with van der Waals surface area (Å²) in [6, 6.07) is 15.4. The van der Waals surface area contributed by atoms with Crippen LogP contribution >= 0.6 is 22.6 Å². The molecule has 0 fully saturated rings. The molecule has 0 saturated heterocycles. The number of hydrogen-bond donors (Lipinski definition) is 3. The van der Waals surface area contributed by atoms with E-state index in [0.717, 1.165) is 37.1 Å². The molecule has 6 heteroatoms. The van der Waals surface area contributed by atoms with Gasteiger partial charge in [-0.3, -0.25) is 9.59 Å². The molecule has 0 aliphatic carbocycles. The second-order valence-corrected chi connectivity index (χ2v) is 7.95. The van der Waals surface area contributed by atoms with Gasteiger partial charge in [0.25, 0.3) is 0 Å². The molecule has 2 heterocycles. The molecule has 2 aromatic carbocycles. The Balaban J connectivity index is 0.000000151. The van der Waals surface area contributed by atoms with Crippen molar-refractivity contribution in [3.8, 4) is 0 Å². The van der Waals surface area contributed by atoms with Gasteiger partial charge >= 0.3 is 0 Å². The molecule has 0 spiro atoms. The second-order valence-electron chi connectivity index (χ2n) is 6.44. The zero-order chi connectivity index (χ0) is 18.5. The van der Waals surface area contributed by atoms with Gasteiger partial charge in [-0.15, -0.1) is 0 Å². The fourth-order valence-electron chi connectivity index (χ4n) is 3.01. The third-order valence-corrected chi connectivity index (χ3v) is 5.75. The Labute approximate surface area is 166 Å². The summed E-state index contributed by atoms with van der Waals surface area (Å²) >= 11 is 2.19. The van der Waals surface area contributed by atoms with Crippen LogP contribution in [0.5, 0.6) is 0 Å². The molecule has 4 N–H and O–H groups in total. The minimum Gasteiger partial charge on any atom is -0.325 e. The highest BCUT2D eigenvalue weighted by molar-refractivity contribution is 14.1. The van der Waals surface area contributed by atoms with E-state index in [0.29, 0.717) is 0 Å². The van der Waals surface area contributed by atoms with Crippen molar-refractivity contribution in [2.24, 2.45) is 5.73 Å². The average molecular weight is 463 g/mol. The summed E-state index contributed by atoms with van der Waals surface area (Å²) in [5, 5.41) is 5.73. The van der Waals surface area contributed by atoms with Gasteiger partial charge in [0.1, 0.15) is 0 Å². The first-order valence-electron chi connectivity index (χ1n) is 8.72. The van der Waals surface area contributed by atoms with Crippen molar-refractivity contribution < 1.29 is 9.59 Å². The molecule has 4 rings (SSSR count). The molecule has 2 aliphatic heterocycles. The first-order valence-corrected chi connectivity index (χ1v) is 9.96. The normalized spacial score (nSPS) is 21.6. The molecule has 0 aromatic heterocycles. The van der Waals surface area contributed by atoms with Gasteiger partial charge < -0.3 is 16.4 Å². The Bertz CT molecular complexity index is 742. The molecule has 26 heavy (non-hydrogen) atoms. The summed E-state index contributed by atoms with van der Waals surface area (Å²) in [7, 11) is 0. The van der Waals surface area contributed by atoms with Crippen molar-refractivity contribution in [3.63, 3.8) is 0 Å². The Morgan fingerprint density at radius 1 is 0.808 bits per heavy atom. The molecule has 2 amide bonds. The van der Waals surface area contributed by atoms with Gasteiger partial charge in [0.2, 0.25) is 11.8 Å². The van der Waals surface area contributed by atoms with E-state index in [-0.39, 0.29) is 21.8 Å². The van der Waals surface area contributed by atoms with Crippen molar-refractivity contribution in [1.29, 1.82) is 0 Å². The van der Waals surface area contributed by atoms with Crippen LogP contribution in [0.15, 0.2) is 48.5 Å². The van der Waals surface area contributed by atoms with E-state index >= 15 is 0 Å². The minimum absolute atomic E-state index is 0.0787. The van der Waals surface area contributed by atoms with Gasteiger partial charge in [0, 0.05) is 11.4 Å². The second kappa shape index (κ2) is 8.64. The highest BCUT2D eigenvalue weighted by Crippen LogP contribution is 2.24. The van der Waals surface area contributed by atoms with Crippen LogP contribution in [0.1, 0.15) is 24.0 Å². The monoisotopic (exact) mass is 463 g/mol. The molecule has 2 aromatic rings. The number of alkyl halides is 1. The Morgan fingerprint density at radius 2 is 1.31 bits per heavy atom. The third kappa shape index (κ3) is 4.62. The van der Waals surface area contributed by atoms with Gasteiger partial charge in [0.15, 0.2) is 0 Å². The van der Waals surface area contributed by atoms with Crippen molar-refractivity contribution in [1.82, 2.24) is 0 Å². The van der Waals surface area contributed by atoms with E-state index in [1.807, 2.05) is 42.5 Å². The molecule has 2 atom stereocenters. The summed E-state index contributed by atoms with van der Waals surface area (Å²) in [4.78, 5) is 22.8.